The van der Waals surface area contributed by atoms with Crippen molar-refractivity contribution < 1.29 is 4.74 Å². The van der Waals surface area contributed by atoms with Gasteiger partial charge in [-0.05, 0) is 38.3 Å². The molecule has 0 amide bonds. The summed E-state index contributed by atoms with van der Waals surface area (Å²) in [6.45, 7) is 9.39. The minimum absolute atomic E-state index is 0.0117. The molecular weight excluding hydrogens is 250 g/mol. The fraction of sp³-hybridized carbons (Fsp3) is 0.562. The zero-order valence-corrected chi connectivity index (χ0v) is 12.9. The number of aromatic nitrogens is 2. The molecule has 2 N–H and O–H groups in total. The van der Waals surface area contributed by atoms with Crippen molar-refractivity contribution >= 4 is 17.0 Å². The lowest BCUT2D eigenvalue weighted by Crippen LogP contribution is -2.29. The fourth-order valence-corrected chi connectivity index (χ4v) is 2.55. The van der Waals surface area contributed by atoms with Gasteiger partial charge in [-0.1, -0.05) is 26.8 Å². The maximum Gasteiger partial charge on any atom is 0.201 e. The summed E-state index contributed by atoms with van der Waals surface area (Å²) in [5.41, 5.74) is 8.10. The summed E-state index contributed by atoms with van der Waals surface area (Å²) >= 11 is 0. The summed E-state index contributed by atoms with van der Waals surface area (Å²) in [7, 11) is 0. The van der Waals surface area contributed by atoms with Crippen LogP contribution < -0.4 is 10.5 Å². The van der Waals surface area contributed by atoms with Gasteiger partial charge in [0.05, 0.1) is 12.1 Å². The number of ether oxygens (including phenoxy) is 1. The van der Waals surface area contributed by atoms with Crippen LogP contribution in [0.15, 0.2) is 18.2 Å². The Balaban J connectivity index is 2.60. The predicted octanol–water partition coefficient (Wildman–Crippen LogP) is 3.94. The Kier molecular flexibility index (Phi) is 4.21. The van der Waals surface area contributed by atoms with Crippen LogP contribution in [0.3, 0.4) is 0 Å². The average Bonchev–Trinajstić information content (AvgIpc) is 2.81. The number of benzene rings is 1. The Hall–Kier alpha value is -1.71. The van der Waals surface area contributed by atoms with E-state index in [1.165, 1.54) is 0 Å². The highest BCUT2D eigenvalue weighted by Crippen LogP contribution is 2.35. The number of imidazole rings is 1. The largest absolute Gasteiger partial charge is 0.491 e. The van der Waals surface area contributed by atoms with Gasteiger partial charge < -0.3 is 15.0 Å². The molecule has 0 unspecified atom stereocenters. The van der Waals surface area contributed by atoms with Crippen LogP contribution in [0.4, 0.5) is 5.95 Å². The van der Waals surface area contributed by atoms with E-state index in [1.807, 2.05) is 12.1 Å². The molecule has 4 nitrogen and oxygen atoms in total. The normalized spacial score (nSPS) is 12.0. The number of nitrogen functional groups attached to an aromatic ring is 1. The van der Waals surface area contributed by atoms with Crippen LogP contribution in [-0.4, -0.2) is 16.2 Å². The SMILES string of the molecule is CCCOc1cccc2c1nc(N)n2C(C)(CC)CC. The van der Waals surface area contributed by atoms with Crippen molar-refractivity contribution in [1.29, 1.82) is 0 Å². The second-order valence-corrected chi connectivity index (χ2v) is 5.48. The van der Waals surface area contributed by atoms with Gasteiger partial charge >= 0.3 is 0 Å². The molecule has 0 atom stereocenters. The summed E-state index contributed by atoms with van der Waals surface area (Å²) in [5, 5.41) is 0. The molecule has 20 heavy (non-hydrogen) atoms. The summed E-state index contributed by atoms with van der Waals surface area (Å²) < 4.78 is 7.94. The highest BCUT2D eigenvalue weighted by atomic mass is 16.5. The highest BCUT2D eigenvalue weighted by Gasteiger charge is 2.27. The molecule has 0 radical (unpaired) electrons. The van der Waals surface area contributed by atoms with Gasteiger partial charge in [0.1, 0.15) is 11.3 Å². The molecule has 0 saturated carbocycles. The average molecular weight is 275 g/mol. The first-order chi connectivity index (χ1) is 9.57. The molecule has 110 valence electrons. The van der Waals surface area contributed by atoms with Crippen molar-refractivity contribution in [3.63, 3.8) is 0 Å². The van der Waals surface area contributed by atoms with E-state index < -0.39 is 0 Å². The minimum Gasteiger partial charge on any atom is -0.491 e. The molecule has 0 aliphatic heterocycles. The molecule has 0 spiro atoms. The Labute approximate surface area is 120 Å². The van der Waals surface area contributed by atoms with E-state index in [-0.39, 0.29) is 5.54 Å². The number of hydrogen-bond donors (Lipinski definition) is 1. The summed E-state index contributed by atoms with van der Waals surface area (Å²) in [4.78, 5) is 4.54. The van der Waals surface area contributed by atoms with Crippen LogP contribution in [0.25, 0.3) is 11.0 Å². The van der Waals surface area contributed by atoms with Gasteiger partial charge in [-0.25, -0.2) is 4.98 Å². The number of nitrogens with two attached hydrogens (primary N) is 1. The molecule has 0 aliphatic rings. The quantitative estimate of drug-likeness (QED) is 0.868. The molecule has 2 rings (SSSR count). The molecule has 1 heterocycles. The number of anilines is 1. The van der Waals surface area contributed by atoms with Crippen LogP contribution in [-0.2, 0) is 5.54 Å². The van der Waals surface area contributed by atoms with Gasteiger partial charge in [0.25, 0.3) is 0 Å². The van der Waals surface area contributed by atoms with Crippen LogP contribution in [0.1, 0.15) is 47.0 Å². The molecule has 1 aromatic carbocycles. The van der Waals surface area contributed by atoms with Crippen LogP contribution in [0.5, 0.6) is 5.75 Å². The number of hydrogen-bond acceptors (Lipinski definition) is 3. The highest BCUT2D eigenvalue weighted by molar-refractivity contribution is 5.84. The van der Waals surface area contributed by atoms with E-state index in [9.17, 15) is 0 Å². The van der Waals surface area contributed by atoms with Crippen LogP contribution >= 0.6 is 0 Å². The Morgan fingerprint density at radius 1 is 1.25 bits per heavy atom. The van der Waals surface area contributed by atoms with Crippen molar-refractivity contribution in [2.24, 2.45) is 0 Å². The third kappa shape index (κ3) is 2.35. The molecule has 0 bridgehead atoms. The monoisotopic (exact) mass is 275 g/mol. The molecular formula is C16H25N3O. The van der Waals surface area contributed by atoms with E-state index in [2.05, 4.69) is 43.3 Å². The maximum atomic E-state index is 6.18. The van der Waals surface area contributed by atoms with Crippen molar-refractivity contribution in [2.45, 2.75) is 52.5 Å². The van der Waals surface area contributed by atoms with Crippen molar-refractivity contribution in [3.05, 3.63) is 18.2 Å². The van der Waals surface area contributed by atoms with Crippen LogP contribution in [0.2, 0.25) is 0 Å². The molecule has 0 aliphatic carbocycles. The number of rotatable bonds is 6. The molecule has 1 aromatic heterocycles. The molecule has 0 saturated heterocycles. The zero-order chi connectivity index (χ0) is 14.8. The lowest BCUT2D eigenvalue weighted by atomic mass is 9.95. The molecule has 2 aromatic rings. The second kappa shape index (κ2) is 5.73. The summed E-state index contributed by atoms with van der Waals surface area (Å²) in [6.07, 6.45) is 3.01. The smallest absolute Gasteiger partial charge is 0.201 e. The molecule has 0 fully saturated rings. The summed E-state index contributed by atoms with van der Waals surface area (Å²) in [6, 6.07) is 6.04. The standard InChI is InChI=1S/C16H25N3O/c1-5-11-20-13-10-8-9-12-14(13)18-15(17)19(12)16(4,6-2)7-3/h8-10H,5-7,11H2,1-4H3,(H2,17,18). The number of fused-ring (bicyclic) bond motifs is 1. The van der Waals surface area contributed by atoms with E-state index in [1.54, 1.807) is 0 Å². The lowest BCUT2D eigenvalue weighted by Gasteiger charge is -2.30. The van der Waals surface area contributed by atoms with Gasteiger partial charge in [-0.2, -0.15) is 0 Å². The maximum absolute atomic E-state index is 6.18. The van der Waals surface area contributed by atoms with E-state index in [0.29, 0.717) is 12.6 Å². The van der Waals surface area contributed by atoms with Crippen molar-refractivity contribution in [1.82, 2.24) is 9.55 Å². The van der Waals surface area contributed by atoms with Gasteiger partial charge in [0.15, 0.2) is 0 Å². The second-order valence-electron chi connectivity index (χ2n) is 5.48. The zero-order valence-electron chi connectivity index (χ0n) is 12.9. The number of nitrogens with zero attached hydrogens (tertiary/aromatic N) is 2. The third-order valence-electron chi connectivity index (χ3n) is 4.20. The predicted molar refractivity (Wildman–Crippen MR) is 84.2 cm³/mol. The molecule has 4 heteroatoms. The Morgan fingerprint density at radius 2 is 1.95 bits per heavy atom. The third-order valence-corrected chi connectivity index (χ3v) is 4.20. The van der Waals surface area contributed by atoms with Crippen LogP contribution in [0, 0.1) is 0 Å². The summed E-state index contributed by atoms with van der Waals surface area (Å²) in [5.74, 6) is 1.39. The van der Waals surface area contributed by atoms with Crippen molar-refractivity contribution in [3.8, 4) is 5.75 Å². The first-order valence-electron chi connectivity index (χ1n) is 7.47. The van der Waals surface area contributed by atoms with E-state index >= 15 is 0 Å². The lowest BCUT2D eigenvalue weighted by molar-refractivity contribution is 0.307. The Morgan fingerprint density at radius 3 is 2.55 bits per heavy atom. The van der Waals surface area contributed by atoms with Crippen molar-refractivity contribution in [2.75, 3.05) is 12.3 Å². The number of para-hydroxylation sites is 1. The van der Waals surface area contributed by atoms with Gasteiger partial charge in [0, 0.05) is 5.54 Å². The van der Waals surface area contributed by atoms with E-state index in [4.69, 9.17) is 10.5 Å². The fourth-order valence-electron chi connectivity index (χ4n) is 2.55. The van der Waals surface area contributed by atoms with Gasteiger partial charge in [-0.3, -0.25) is 0 Å². The van der Waals surface area contributed by atoms with Gasteiger partial charge in [0.2, 0.25) is 5.95 Å². The first-order valence-corrected chi connectivity index (χ1v) is 7.47. The first kappa shape index (κ1) is 14.7. The van der Waals surface area contributed by atoms with E-state index in [0.717, 1.165) is 36.0 Å². The topological polar surface area (TPSA) is 53.1 Å². The minimum atomic E-state index is -0.0117. The van der Waals surface area contributed by atoms with Gasteiger partial charge in [-0.15, -0.1) is 0 Å². The Bertz CT molecular complexity index is 585.